The Kier molecular flexibility index (Phi) is 5.45. The van der Waals surface area contributed by atoms with Crippen molar-refractivity contribution in [3.05, 3.63) is 48.5 Å². The number of amides is 2. The summed E-state index contributed by atoms with van der Waals surface area (Å²) in [6.07, 6.45) is 6.40. The maximum atomic E-state index is 13.9. The van der Waals surface area contributed by atoms with Gasteiger partial charge in [-0.1, -0.05) is 0 Å². The van der Waals surface area contributed by atoms with Crippen molar-refractivity contribution in [2.75, 3.05) is 18.5 Å². The summed E-state index contributed by atoms with van der Waals surface area (Å²) in [7, 11) is 0. The summed E-state index contributed by atoms with van der Waals surface area (Å²) in [5, 5.41) is 4.85. The van der Waals surface area contributed by atoms with Crippen molar-refractivity contribution in [2.45, 2.75) is 25.4 Å². The molecule has 1 fully saturated rings. The number of nitrogens with one attached hydrogen (secondary N) is 2. The van der Waals surface area contributed by atoms with Crippen LogP contribution in [0.2, 0.25) is 0 Å². The van der Waals surface area contributed by atoms with E-state index in [9.17, 15) is 14.0 Å². The van der Waals surface area contributed by atoms with Crippen LogP contribution in [0.5, 0.6) is 0 Å². The lowest BCUT2D eigenvalue weighted by molar-refractivity contribution is -0.136. The van der Waals surface area contributed by atoms with Crippen molar-refractivity contribution >= 4 is 17.5 Å². The first-order valence-corrected chi connectivity index (χ1v) is 8.27. The molecule has 0 saturated carbocycles. The average Bonchev–Trinajstić information content (AvgIpc) is 3.30. The number of carbonyl (C=O) groups excluding carboxylic acids is 2. The summed E-state index contributed by atoms with van der Waals surface area (Å²) in [5.74, 6) is -2.28. The van der Waals surface area contributed by atoms with E-state index in [-0.39, 0.29) is 11.8 Å². The third kappa shape index (κ3) is 4.45. The number of rotatable bonds is 5. The van der Waals surface area contributed by atoms with Gasteiger partial charge >= 0.3 is 11.8 Å². The summed E-state index contributed by atoms with van der Waals surface area (Å²) >= 11 is 0. The van der Waals surface area contributed by atoms with Crippen molar-refractivity contribution in [3.8, 4) is 5.69 Å². The zero-order chi connectivity index (χ0) is 17.6. The second-order valence-electron chi connectivity index (χ2n) is 5.89. The van der Waals surface area contributed by atoms with Crippen LogP contribution in [0.3, 0.4) is 0 Å². The van der Waals surface area contributed by atoms with E-state index < -0.39 is 17.6 Å². The summed E-state index contributed by atoms with van der Waals surface area (Å²) < 4.78 is 21.1. The van der Waals surface area contributed by atoms with Gasteiger partial charge in [-0.25, -0.2) is 4.39 Å². The number of halogens is 1. The molecule has 7 heteroatoms. The zero-order valence-electron chi connectivity index (χ0n) is 13.7. The lowest BCUT2D eigenvalue weighted by Gasteiger charge is -2.11. The van der Waals surface area contributed by atoms with Gasteiger partial charge in [0.25, 0.3) is 0 Å². The van der Waals surface area contributed by atoms with E-state index in [0.717, 1.165) is 19.4 Å². The molecule has 2 N–H and O–H groups in total. The van der Waals surface area contributed by atoms with Crippen LogP contribution in [0.25, 0.3) is 5.69 Å². The Morgan fingerprint density at radius 2 is 2.04 bits per heavy atom. The van der Waals surface area contributed by atoms with Gasteiger partial charge in [0.05, 0.1) is 11.8 Å². The number of nitrogens with zero attached hydrogens (tertiary/aromatic N) is 1. The molecule has 0 bridgehead atoms. The van der Waals surface area contributed by atoms with E-state index in [1.807, 2.05) is 12.1 Å². The average molecular weight is 345 g/mol. The first kappa shape index (κ1) is 17.2. The van der Waals surface area contributed by atoms with E-state index in [1.165, 1.54) is 12.1 Å². The molecule has 1 atom stereocenters. The smallest absolute Gasteiger partial charge is 0.313 e. The van der Waals surface area contributed by atoms with Crippen LogP contribution in [0.15, 0.2) is 42.7 Å². The van der Waals surface area contributed by atoms with Crippen molar-refractivity contribution < 1.29 is 18.7 Å². The summed E-state index contributed by atoms with van der Waals surface area (Å²) in [5.41, 5.74) is 0.644. The fourth-order valence-electron chi connectivity index (χ4n) is 2.75. The van der Waals surface area contributed by atoms with E-state index in [0.29, 0.717) is 18.7 Å². The molecule has 6 nitrogen and oxygen atoms in total. The van der Waals surface area contributed by atoms with Crippen LogP contribution in [0.4, 0.5) is 10.1 Å². The number of hydrogen-bond donors (Lipinski definition) is 2. The number of aromatic nitrogens is 1. The van der Waals surface area contributed by atoms with Crippen LogP contribution in [-0.2, 0) is 14.3 Å². The van der Waals surface area contributed by atoms with Crippen LogP contribution in [0.1, 0.15) is 19.3 Å². The Morgan fingerprint density at radius 3 is 2.76 bits per heavy atom. The molecule has 1 saturated heterocycles. The molecule has 1 aromatic carbocycles. The molecule has 2 heterocycles. The van der Waals surface area contributed by atoms with E-state index >= 15 is 0 Å². The van der Waals surface area contributed by atoms with Gasteiger partial charge in [-0.2, -0.15) is 0 Å². The van der Waals surface area contributed by atoms with Gasteiger partial charge in [-0.15, -0.1) is 0 Å². The Morgan fingerprint density at radius 1 is 1.24 bits per heavy atom. The van der Waals surface area contributed by atoms with Gasteiger partial charge in [-0.05, 0) is 49.6 Å². The molecule has 0 spiro atoms. The second kappa shape index (κ2) is 7.94. The zero-order valence-corrected chi connectivity index (χ0v) is 13.7. The Labute approximate surface area is 145 Å². The van der Waals surface area contributed by atoms with Crippen molar-refractivity contribution in [3.63, 3.8) is 0 Å². The van der Waals surface area contributed by atoms with E-state index in [2.05, 4.69) is 10.6 Å². The monoisotopic (exact) mass is 345 g/mol. The molecule has 1 aliphatic heterocycles. The predicted molar refractivity (Wildman–Crippen MR) is 91.0 cm³/mol. The van der Waals surface area contributed by atoms with Crippen LogP contribution in [0, 0.1) is 5.82 Å². The summed E-state index contributed by atoms with van der Waals surface area (Å²) in [4.78, 5) is 23.8. The largest absolute Gasteiger partial charge is 0.378 e. The fraction of sp³-hybridized carbons (Fsp3) is 0.333. The third-order valence-electron chi connectivity index (χ3n) is 4.08. The number of benzene rings is 1. The minimum absolute atomic E-state index is 0.0366. The van der Waals surface area contributed by atoms with Crippen molar-refractivity contribution in [1.29, 1.82) is 0 Å². The highest BCUT2D eigenvalue weighted by Crippen LogP contribution is 2.19. The van der Waals surface area contributed by atoms with Crippen molar-refractivity contribution in [1.82, 2.24) is 9.88 Å². The third-order valence-corrected chi connectivity index (χ3v) is 4.08. The molecule has 1 aromatic heterocycles. The molecule has 2 aromatic rings. The molecule has 0 radical (unpaired) electrons. The topological polar surface area (TPSA) is 72.4 Å². The molecule has 132 valence electrons. The van der Waals surface area contributed by atoms with Gasteiger partial charge < -0.3 is 19.9 Å². The quantitative estimate of drug-likeness (QED) is 0.817. The molecule has 0 unspecified atom stereocenters. The number of hydrogen-bond acceptors (Lipinski definition) is 3. The molecule has 1 aliphatic rings. The maximum Gasteiger partial charge on any atom is 0.313 e. The number of anilines is 1. The molecule has 2 amide bonds. The molecule has 0 aliphatic carbocycles. The van der Waals surface area contributed by atoms with Gasteiger partial charge in [0.2, 0.25) is 0 Å². The number of ether oxygens (including phenoxy) is 1. The number of carbonyl (C=O) groups is 2. The Bertz CT molecular complexity index is 740. The molecule has 25 heavy (non-hydrogen) atoms. The molecular formula is C18H20FN3O3. The predicted octanol–water partition coefficient (Wildman–Crippen LogP) is 2.24. The Balaban J connectivity index is 1.56. The van der Waals surface area contributed by atoms with Crippen LogP contribution < -0.4 is 10.6 Å². The lowest BCUT2D eigenvalue weighted by atomic mass is 10.2. The fourth-order valence-corrected chi connectivity index (χ4v) is 2.75. The van der Waals surface area contributed by atoms with E-state index in [1.54, 1.807) is 23.0 Å². The first-order chi connectivity index (χ1) is 12.1. The van der Waals surface area contributed by atoms with Gasteiger partial charge in [0.15, 0.2) is 0 Å². The van der Waals surface area contributed by atoms with Crippen molar-refractivity contribution in [2.24, 2.45) is 0 Å². The molecule has 3 rings (SSSR count). The lowest BCUT2D eigenvalue weighted by Crippen LogP contribution is -2.37. The van der Waals surface area contributed by atoms with Gasteiger partial charge in [0, 0.05) is 31.2 Å². The normalized spacial score (nSPS) is 16.6. The second-order valence-corrected chi connectivity index (χ2v) is 5.89. The minimum Gasteiger partial charge on any atom is -0.378 e. The van der Waals surface area contributed by atoms with Crippen LogP contribution in [-0.4, -0.2) is 35.6 Å². The van der Waals surface area contributed by atoms with Gasteiger partial charge in [0.1, 0.15) is 5.82 Å². The SMILES string of the molecule is O=C(NCC[C@H]1CCCO1)C(=O)Nc1cc(-n2cccc2)ccc1F. The standard InChI is InChI=1S/C18H20FN3O3/c19-15-6-5-13(22-9-1-2-10-22)12-16(15)21-18(24)17(23)20-8-7-14-4-3-11-25-14/h1-2,5-6,9-10,12,14H,3-4,7-8,11H2,(H,20,23)(H,21,24)/t14-/m1/s1. The summed E-state index contributed by atoms with van der Waals surface area (Å²) in [6.45, 7) is 1.10. The Hall–Kier alpha value is -2.67. The van der Waals surface area contributed by atoms with Crippen LogP contribution >= 0.6 is 0 Å². The van der Waals surface area contributed by atoms with Gasteiger partial charge in [-0.3, -0.25) is 9.59 Å². The highest BCUT2D eigenvalue weighted by molar-refractivity contribution is 6.39. The molecular weight excluding hydrogens is 325 g/mol. The highest BCUT2D eigenvalue weighted by atomic mass is 19.1. The highest BCUT2D eigenvalue weighted by Gasteiger charge is 2.18. The summed E-state index contributed by atoms with van der Waals surface area (Å²) in [6, 6.07) is 7.99. The first-order valence-electron chi connectivity index (χ1n) is 8.27. The van der Waals surface area contributed by atoms with E-state index in [4.69, 9.17) is 4.74 Å². The minimum atomic E-state index is -0.893. The maximum absolute atomic E-state index is 13.9.